The number of nitrogens with zero attached hydrogens (tertiary/aromatic N) is 2. The fraction of sp³-hybridized carbons (Fsp3) is 0.107. The average molecular weight is 759 g/mol. The minimum atomic E-state index is -0.359. The molecule has 12 rings (SSSR count). The highest BCUT2D eigenvalue weighted by molar-refractivity contribution is 6.10. The Morgan fingerprint density at radius 2 is 1.12 bits per heavy atom. The van der Waals surface area contributed by atoms with Gasteiger partial charge in [0.1, 0.15) is 11.4 Å². The number of rotatable bonds is 5. The number of aromatic nitrogens is 2. The van der Waals surface area contributed by atoms with Gasteiger partial charge in [0.15, 0.2) is 0 Å². The van der Waals surface area contributed by atoms with Crippen LogP contribution in [0.1, 0.15) is 54.0 Å². The monoisotopic (exact) mass is 758 g/mol. The summed E-state index contributed by atoms with van der Waals surface area (Å²) in [7, 11) is 0. The summed E-state index contributed by atoms with van der Waals surface area (Å²) in [6, 6.07) is 60.0. The number of fused-ring (bicyclic) bond motifs is 9. The number of para-hydroxylation sites is 4. The van der Waals surface area contributed by atoms with E-state index in [4.69, 9.17) is 4.74 Å². The molecule has 3 aliphatic rings. The zero-order valence-corrected chi connectivity index (χ0v) is 33.1. The van der Waals surface area contributed by atoms with Crippen LogP contribution in [0.15, 0.2) is 194 Å². The van der Waals surface area contributed by atoms with Crippen LogP contribution in [0.3, 0.4) is 0 Å². The van der Waals surface area contributed by atoms with Crippen molar-refractivity contribution in [2.45, 2.75) is 37.2 Å². The van der Waals surface area contributed by atoms with Gasteiger partial charge in [0.2, 0.25) is 0 Å². The van der Waals surface area contributed by atoms with Crippen molar-refractivity contribution in [2.75, 3.05) is 0 Å². The molecule has 0 saturated carbocycles. The van der Waals surface area contributed by atoms with E-state index in [9.17, 15) is 0 Å². The highest BCUT2D eigenvalue weighted by Crippen LogP contribution is 2.54. The minimum Gasteiger partial charge on any atom is -0.482 e. The van der Waals surface area contributed by atoms with Crippen molar-refractivity contribution >= 4 is 38.8 Å². The van der Waals surface area contributed by atoms with E-state index in [-0.39, 0.29) is 23.4 Å². The number of allylic oxidation sites excluding steroid dienone is 3. The topological polar surface area (TPSA) is 19.1 Å². The fourth-order valence-electron chi connectivity index (χ4n) is 10.4. The predicted octanol–water partition coefficient (Wildman–Crippen LogP) is 14.3. The SMILES string of the molecule is CC1c2c(c3cc(-c4cccc(-c5ccc6c(c5)c5ccccc5n6-c5ccccc5)c4)ccc3n2-c2ccccc2)C=CC1c1cccc2c1OC1(C)C=CC=CC21. The third-order valence-corrected chi connectivity index (χ3v) is 13.3. The van der Waals surface area contributed by atoms with Crippen LogP contribution < -0.4 is 4.74 Å². The normalized spacial score (nSPS) is 20.2. The van der Waals surface area contributed by atoms with Crippen LogP contribution in [0, 0.1) is 0 Å². The highest BCUT2D eigenvalue weighted by atomic mass is 16.5. The molecule has 2 aromatic heterocycles. The Morgan fingerprint density at radius 3 is 1.88 bits per heavy atom. The van der Waals surface area contributed by atoms with Gasteiger partial charge in [-0.25, -0.2) is 0 Å². The Morgan fingerprint density at radius 1 is 0.508 bits per heavy atom. The van der Waals surface area contributed by atoms with Crippen molar-refractivity contribution in [1.82, 2.24) is 9.13 Å². The van der Waals surface area contributed by atoms with Gasteiger partial charge in [-0.1, -0.05) is 140 Å². The second kappa shape index (κ2) is 13.0. The lowest BCUT2D eigenvalue weighted by Crippen LogP contribution is -2.32. The van der Waals surface area contributed by atoms with E-state index in [1.807, 2.05) is 0 Å². The molecule has 0 amide bonds. The van der Waals surface area contributed by atoms with E-state index in [0.29, 0.717) is 0 Å². The van der Waals surface area contributed by atoms with Gasteiger partial charge in [0, 0.05) is 67.7 Å². The largest absolute Gasteiger partial charge is 0.482 e. The number of hydrogen-bond acceptors (Lipinski definition) is 1. The maximum Gasteiger partial charge on any atom is 0.135 e. The van der Waals surface area contributed by atoms with Crippen molar-refractivity contribution in [1.29, 1.82) is 0 Å². The quantitative estimate of drug-likeness (QED) is 0.171. The molecular formula is C56H42N2O. The molecule has 0 bridgehead atoms. The lowest BCUT2D eigenvalue weighted by Gasteiger charge is -2.30. The molecule has 59 heavy (non-hydrogen) atoms. The second-order valence-corrected chi connectivity index (χ2v) is 16.6. The summed E-state index contributed by atoms with van der Waals surface area (Å²) in [6.07, 6.45) is 13.6. The molecule has 3 heterocycles. The molecule has 9 aromatic rings. The van der Waals surface area contributed by atoms with Gasteiger partial charge in [0.25, 0.3) is 0 Å². The van der Waals surface area contributed by atoms with Gasteiger partial charge in [0.05, 0.1) is 16.6 Å². The summed E-state index contributed by atoms with van der Waals surface area (Å²) in [4.78, 5) is 0. The van der Waals surface area contributed by atoms with E-state index < -0.39 is 0 Å². The zero-order chi connectivity index (χ0) is 39.2. The predicted molar refractivity (Wildman–Crippen MR) is 245 cm³/mol. The van der Waals surface area contributed by atoms with E-state index in [1.165, 1.54) is 88.7 Å². The molecule has 3 heteroatoms. The molecular weight excluding hydrogens is 717 g/mol. The molecule has 1 aliphatic heterocycles. The first-order valence-electron chi connectivity index (χ1n) is 20.8. The lowest BCUT2D eigenvalue weighted by molar-refractivity contribution is 0.153. The Labute approximate surface area is 344 Å². The Balaban J connectivity index is 0.962. The van der Waals surface area contributed by atoms with Crippen molar-refractivity contribution < 1.29 is 4.74 Å². The van der Waals surface area contributed by atoms with Gasteiger partial charge in [-0.05, 0) is 95.9 Å². The summed E-state index contributed by atoms with van der Waals surface area (Å²) in [6.45, 7) is 4.61. The highest BCUT2D eigenvalue weighted by Gasteiger charge is 2.45. The van der Waals surface area contributed by atoms with Crippen LogP contribution in [0.5, 0.6) is 5.75 Å². The standard InChI is InChI=1S/C56H42N2O/c1-36-43(46-22-14-23-47-50-24-11-12-32-56(50,2)59-55(46)47)28-29-45-49-35-40(27-31-53(49)58(54(36)45)42-19-7-4-8-20-42)38-16-13-15-37(33-38)39-26-30-52-48(34-39)44-21-9-10-25-51(44)57(52)41-17-5-3-6-18-41/h3-36,43,50H,1-2H3. The smallest absolute Gasteiger partial charge is 0.135 e. The van der Waals surface area contributed by atoms with Crippen LogP contribution in [-0.4, -0.2) is 14.7 Å². The molecule has 0 spiro atoms. The molecule has 0 N–H and O–H groups in total. The first-order chi connectivity index (χ1) is 29.0. The average Bonchev–Trinajstić information content (AvgIpc) is 3.92. The number of benzene rings is 7. The number of ether oxygens (including phenoxy) is 1. The molecule has 7 aromatic carbocycles. The molecule has 0 radical (unpaired) electrons. The van der Waals surface area contributed by atoms with Gasteiger partial charge in [-0.2, -0.15) is 0 Å². The van der Waals surface area contributed by atoms with Crippen LogP contribution in [0.25, 0.3) is 72.4 Å². The van der Waals surface area contributed by atoms with Crippen molar-refractivity contribution in [2.24, 2.45) is 0 Å². The van der Waals surface area contributed by atoms with Crippen LogP contribution in [0.4, 0.5) is 0 Å². The van der Waals surface area contributed by atoms with Crippen molar-refractivity contribution in [3.63, 3.8) is 0 Å². The maximum absolute atomic E-state index is 6.88. The molecule has 0 fully saturated rings. The van der Waals surface area contributed by atoms with Crippen LogP contribution >= 0.6 is 0 Å². The third-order valence-electron chi connectivity index (χ3n) is 13.3. The molecule has 2 aliphatic carbocycles. The third kappa shape index (κ3) is 5.14. The Bertz CT molecular complexity index is 3230. The molecule has 4 atom stereocenters. The summed E-state index contributed by atoms with van der Waals surface area (Å²) < 4.78 is 11.8. The van der Waals surface area contributed by atoms with E-state index in [1.54, 1.807) is 0 Å². The second-order valence-electron chi connectivity index (χ2n) is 16.6. The van der Waals surface area contributed by atoms with Crippen LogP contribution in [-0.2, 0) is 0 Å². The molecule has 282 valence electrons. The summed E-state index contributed by atoms with van der Waals surface area (Å²) in [5.41, 5.74) is 15.7. The van der Waals surface area contributed by atoms with Gasteiger partial charge in [-0.15, -0.1) is 0 Å². The summed E-state index contributed by atoms with van der Waals surface area (Å²) in [5, 5.41) is 3.79. The Kier molecular flexibility index (Phi) is 7.46. The van der Waals surface area contributed by atoms with Gasteiger partial charge < -0.3 is 13.9 Å². The molecule has 3 nitrogen and oxygen atoms in total. The maximum atomic E-state index is 6.88. The Hall–Kier alpha value is -7.10. The fourth-order valence-corrected chi connectivity index (χ4v) is 10.4. The minimum absolute atomic E-state index is 0.163. The van der Waals surface area contributed by atoms with E-state index in [2.05, 4.69) is 223 Å². The van der Waals surface area contributed by atoms with E-state index >= 15 is 0 Å². The van der Waals surface area contributed by atoms with Gasteiger partial charge >= 0.3 is 0 Å². The van der Waals surface area contributed by atoms with Crippen molar-refractivity contribution in [3.05, 3.63) is 217 Å². The number of hydrogen-bond donors (Lipinski definition) is 0. The van der Waals surface area contributed by atoms with Gasteiger partial charge in [-0.3, -0.25) is 0 Å². The first kappa shape index (κ1) is 34.0. The zero-order valence-electron chi connectivity index (χ0n) is 33.1. The molecule has 4 unspecified atom stereocenters. The lowest BCUT2D eigenvalue weighted by atomic mass is 9.77. The summed E-state index contributed by atoms with van der Waals surface area (Å²) >= 11 is 0. The summed E-state index contributed by atoms with van der Waals surface area (Å²) in [5.74, 6) is 1.63. The first-order valence-corrected chi connectivity index (χ1v) is 20.8. The van der Waals surface area contributed by atoms with Crippen molar-refractivity contribution in [3.8, 4) is 39.4 Å². The molecule has 0 saturated heterocycles. The van der Waals surface area contributed by atoms with E-state index in [0.717, 1.165) is 5.75 Å². The van der Waals surface area contributed by atoms with Crippen LogP contribution in [0.2, 0.25) is 0 Å².